The molecule has 0 amide bonds. The van der Waals surface area contributed by atoms with Crippen LogP contribution in [-0.4, -0.2) is 31.4 Å². The molecular weight excluding hydrogens is 571 g/mol. The van der Waals surface area contributed by atoms with Gasteiger partial charge in [-0.15, -0.1) is 35.3 Å². The minimum atomic E-state index is -4.16. The normalized spacial score (nSPS) is 15.5. The fourth-order valence-corrected chi connectivity index (χ4v) is 7.85. The van der Waals surface area contributed by atoms with E-state index in [-0.39, 0.29) is 70.3 Å². The summed E-state index contributed by atoms with van der Waals surface area (Å²) >= 11 is 3.72. The summed E-state index contributed by atoms with van der Waals surface area (Å²) in [4.78, 5) is 5.32. The Morgan fingerprint density at radius 2 is 1.43 bits per heavy atom. The Labute approximate surface area is 273 Å². The number of aryl methyl sites for hydroxylation is 2. The zero-order valence-corrected chi connectivity index (χ0v) is 29.0. The van der Waals surface area contributed by atoms with Crippen LogP contribution in [0.1, 0.15) is 60.1 Å². The third-order valence-electron chi connectivity index (χ3n) is 6.26. The second-order valence-electron chi connectivity index (χ2n) is 8.78. The first-order valence-electron chi connectivity index (χ1n) is 11.3. The molecule has 0 radical (unpaired) electrons. The molecule has 0 fully saturated rings. The second-order valence-corrected chi connectivity index (χ2v) is 13.0. The largest absolute Gasteiger partial charge is 1.00 e. The average molecular weight is 599 g/mol. The third-order valence-corrected chi connectivity index (χ3v) is 9.45. The second kappa shape index (κ2) is 15.2. The van der Waals surface area contributed by atoms with Crippen LogP contribution in [0.15, 0.2) is 36.4 Å². The number of unbranched alkanes of at least 4 members (excludes halogenated alkanes) is 2. The zero-order valence-electron chi connectivity index (χ0n) is 21.7. The Balaban J connectivity index is 0.00000107. The average Bonchev–Trinajstić information content (AvgIpc) is 3.42. The first-order chi connectivity index (χ1) is 16.5. The fraction of sp³-hybridized carbons (Fsp3) is 0.400. The number of hydrogen-bond donors (Lipinski definition) is 0. The topological polar surface area (TPSA) is 108 Å². The fourth-order valence-electron chi connectivity index (χ4n) is 4.75. The van der Waals surface area contributed by atoms with Crippen molar-refractivity contribution in [1.82, 2.24) is 0 Å². The molecule has 1 aliphatic carbocycles. The standard InChI is InChI=1S/C25H29O3S3.2Na.O3S/c1-4-5-12-25(13-6-7-14-31(26,27)28)20-15-18(3)29-23(20)24-21(25)16-22(30-24)19-10-8-17(2)9-11-19;;;1-4(2)3/h8-11,15-16H,1,4-7,12-14H2,2-3H3,(H,26,27,28);;;/q-1;2*+1;/p-1. The van der Waals surface area contributed by atoms with E-state index < -0.39 is 20.7 Å². The van der Waals surface area contributed by atoms with Gasteiger partial charge in [0.25, 0.3) is 0 Å². The van der Waals surface area contributed by atoms with E-state index in [9.17, 15) is 13.0 Å². The van der Waals surface area contributed by atoms with Crippen molar-refractivity contribution < 1.29 is 84.7 Å². The van der Waals surface area contributed by atoms with Crippen molar-refractivity contribution >= 4 is 43.4 Å². The Morgan fingerprint density at radius 3 is 2.00 bits per heavy atom. The Kier molecular flexibility index (Phi) is 14.5. The van der Waals surface area contributed by atoms with Gasteiger partial charge >= 0.3 is 69.7 Å². The van der Waals surface area contributed by atoms with Gasteiger partial charge in [-0.3, -0.25) is 0 Å². The maximum Gasteiger partial charge on any atom is 1.00 e. The van der Waals surface area contributed by atoms with Gasteiger partial charge in [0.15, 0.2) is 0 Å². The molecule has 12 heteroatoms. The van der Waals surface area contributed by atoms with Gasteiger partial charge in [-0.1, -0.05) is 42.7 Å². The zero-order chi connectivity index (χ0) is 25.8. The SMILES string of the molecule is O=S(=O)=O.[CH2-]CCCC1(CCCCS(=O)(=O)[O-])c2cc(C)sc2-c2sc(-c3ccc(C)cc3)cc21.[Na+].[Na+]. The monoisotopic (exact) mass is 598 g/mol. The van der Waals surface area contributed by atoms with Crippen LogP contribution in [0.2, 0.25) is 0 Å². The number of benzene rings is 1. The van der Waals surface area contributed by atoms with E-state index in [0.717, 1.165) is 32.1 Å². The van der Waals surface area contributed by atoms with Crippen LogP contribution < -0.4 is 59.1 Å². The molecule has 1 unspecified atom stereocenters. The molecule has 4 rings (SSSR count). The van der Waals surface area contributed by atoms with Crippen molar-refractivity contribution in [3.05, 3.63) is 64.9 Å². The molecule has 1 aliphatic rings. The molecule has 37 heavy (non-hydrogen) atoms. The summed E-state index contributed by atoms with van der Waals surface area (Å²) < 4.78 is 58.6. The first-order valence-corrected chi connectivity index (χ1v) is 15.5. The number of thiophene rings is 2. The van der Waals surface area contributed by atoms with Crippen molar-refractivity contribution in [2.45, 2.75) is 57.8 Å². The molecule has 1 aromatic carbocycles. The van der Waals surface area contributed by atoms with Crippen LogP contribution in [0.4, 0.5) is 0 Å². The molecule has 0 saturated carbocycles. The van der Waals surface area contributed by atoms with Gasteiger partial charge < -0.3 is 11.5 Å². The molecule has 0 aliphatic heterocycles. The molecule has 6 nitrogen and oxygen atoms in total. The van der Waals surface area contributed by atoms with Crippen molar-refractivity contribution in [3.8, 4) is 20.2 Å². The smallest absolute Gasteiger partial charge is 0.748 e. The predicted molar refractivity (Wildman–Crippen MR) is 141 cm³/mol. The van der Waals surface area contributed by atoms with E-state index in [4.69, 9.17) is 12.6 Å². The Morgan fingerprint density at radius 1 is 0.892 bits per heavy atom. The summed E-state index contributed by atoms with van der Waals surface area (Å²) in [5.41, 5.74) is 5.16. The molecule has 0 saturated heterocycles. The van der Waals surface area contributed by atoms with Crippen LogP contribution in [0.5, 0.6) is 0 Å². The van der Waals surface area contributed by atoms with Gasteiger partial charge in [0.2, 0.25) is 0 Å². The minimum absolute atomic E-state index is 0. The molecular formula is C25H28Na2O6S4. The predicted octanol–water partition coefficient (Wildman–Crippen LogP) is 0.0837. The molecule has 190 valence electrons. The quantitative estimate of drug-likeness (QED) is 0.150. The Hall–Kier alpha value is 0.150. The summed E-state index contributed by atoms with van der Waals surface area (Å²) in [6.07, 6.45) is 4.90. The van der Waals surface area contributed by atoms with Gasteiger partial charge in [0, 0.05) is 30.7 Å². The number of rotatable bonds is 9. The summed E-state index contributed by atoms with van der Waals surface area (Å²) in [5.74, 6) is -0.279. The van der Waals surface area contributed by atoms with Gasteiger partial charge in [-0.2, -0.15) is 6.42 Å². The summed E-state index contributed by atoms with van der Waals surface area (Å²) in [6, 6.07) is 13.4. The summed E-state index contributed by atoms with van der Waals surface area (Å²) in [7, 11) is -7.28. The maximum absolute atomic E-state index is 11.1. The van der Waals surface area contributed by atoms with Crippen molar-refractivity contribution in [2.24, 2.45) is 0 Å². The van der Waals surface area contributed by atoms with Crippen LogP contribution >= 0.6 is 22.7 Å². The van der Waals surface area contributed by atoms with Gasteiger partial charge in [0.05, 0.1) is 10.1 Å². The van der Waals surface area contributed by atoms with Crippen molar-refractivity contribution in [1.29, 1.82) is 0 Å². The van der Waals surface area contributed by atoms with E-state index >= 15 is 0 Å². The molecule has 0 bridgehead atoms. The van der Waals surface area contributed by atoms with Gasteiger partial charge in [-0.25, -0.2) is 8.42 Å². The molecule has 0 N–H and O–H groups in total. The van der Waals surface area contributed by atoms with Crippen molar-refractivity contribution in [3.63, 3.8) is 0 Å². The molecule has 2 aromatic heterocycles. The summed E-state index contributed by atoms with van der Waals surface area (Å²) in [5, 5.41) is 0. The molecule has 1 atom stereocenters. The van der Waals surface area contributed by atoms with Crippen LogP contribution in [-0.2, 0) is 26.1 Å². The van der Waals surface area contributed by atoms with Crippen molar-refractivity contribution in [2.75, 3.05) is 5.75 Å². The van der Waals surface area contributed by atoms with Gasteiger partial charge in [-0.05, 0) is 61.9 Å². The molecule has 2 heterocycles. The van der Waals surface area contributed by atoms with E-state index in [1.54, 1.807) is 0 Å². The summed E-state index contributed by atoms with van der Waals surface area (Å²) in [6.45, 7) is 8.33. The van der Waals surface area contributed by atoms with E-state index in [1.165, 1.54) is 41.8 Å². The number of fused-ring (bicyclic) bond motifs is 3. The minimum Gasteiger partial charge on any atom is -0.748 e. The van der Waals surface area contributed by atoms with E-state index in [1.807, 2.05) is 22.7 Å². The number of hydrogen-bond acceptors (Lipinski definition) is 8. The van der Waals surface area contributed by atoms with Gasteiger partial charge in [0.1, 0.15) is 0 Å². The molecule has 0 spiro atoms. The maximum atomic E-state index is 11.1. The Bertz CT molecular complexity index is 1390. The first kappa shape index (κ1) is 35.2. The van der Waals surface area contributed by atoms with Crippen LogP contribution in [0.25, 0.3) is 20.2 Å². The van der Waals surface area contributed by atoms with Crippen LogP contribution in [0, 0.1) is 20.8 Å². The van der Waals surface area contributed by atoms with Crippen LogP contribution in [0.3, 0.4) is 0 Å². The third kappa shape index (κ3) is 9.08. The van der Waals surface area contributed by atoms with E-state index in [0.29, 0.717) is 6.42 Å². The molecule has 3 aromatic rings. The van der Waals surface area contributed by atoms with E-state index in [2.05, 4.69) is 57.2 Å².